The predicted molar refractivity (Wildman–Crippen MR) is 51.0 cm³/mol. The number of hydrogen-bond acceptors (Lipinski definition) is 5. The number of aliphatic imine (C=N–C) groups is 1. The summed E-state index contributed by atoms with van der Waals surface area (Å²) < 4.78 is 0.174. The van der Waals surface area contributed by atoms with Crippen LogP contribution < -0.4 is 11.1 Å². The van der Waals surface area contributed by atoms with Gasteiger partial charge in [0.1, 0.15) is 0 Å². The van der Waals surface area contributed by atoms with E-state index in [9.17, 15) is 14.8 Å². The first-order valence-electron chi connectivity index (χ1n) is 3.64. The van der Waals surface area contributed by atoms with Crippen molar-refractivity contribution in [2.45, 2.75) is 6.54 Å². The lowest BCUT2D eigenvalue weighted by molar-refractivity contribution is -0.0210. The second kappa shape index (κ2) is 3.07. The van der Waals surface area contributed by atoms with Gasteiger partial charge in [0.05, 0.1) is 12.2 Å². The molecular weight excluding hydrogens is 256 g/mol. The Kier molecular flexibility index (Phi) is 2.01. The number of aromatic amines is 2. The maximum absolute atomic E-state index is 10.9. The zero-order chi connectivity index (χ0) is 10.3. The molecule has 0 radical (unpaired) electrons. The van der Waals surface area contributed by atoms with Gasteiger partial charge in [-0.2, -0.15) is 0 Å². The van der Waals surface area contributed by atoms with Crippen LogP contribution in [0.5, 0.6) is 0 Å². The Hall–Kier alpha value is -1.41. The van der Waals surface area contributed by atoms with Crippen LogP contribution >= 0.6 is 15.9 Å². The predicted octanol–water partition coefficient (Wildman–Crippen LogP) is -0.350. The molecule has 1 aromatic rings. The molecule has 2 heterocycles. The van der Waals surface area contributed by atoms with Gasteiger partial charge in [-0.3, -0.25) is 14.8 Å². The number of hydroxylamine groups is 2. The van der Waals surface area contributed by atoms with Crippen LogP contribution in [-0.4, -0.2) is 25.0 Å². The highest BCUT2D eigenvalue weighted by molar-refractivity contribution is 9.18. The molecule has 0 fully saturated rings. The first-order valence-corrected chi connectivity index (χ1v) is 4.43. The highest BCUT2D eigenvalue weighted by atomic mass is 79.9. The lowest BCUT2D eigenvalue weighted by Gasteiger charge is -2.19. The van der Waals surface area contributed by atoms with Gasteiger partial charge in [-0.1, -0.05) is 0 Å². The van der Waals surface area contributed by atoms with Crippen LogP contribution in [-0.2, 0) is 6.54 Å². The van der Waals surface area contributed by atoms with E-state index in [-0.39, 0.29) is 17.1 Å². The minimum absolute atomic E-state index is 0.0609. The first-order chi connectivity index (χ1) is 6.58. The van der Waals surface area contributed by atoms with E-state index in [0.717, 1.165) is 5.06 Å². The first kappa shape index (κ1) is 9.16. The fourth-order valence-corrected chi connectivity index (χ4v) is 1.37. The number of rotatable bonds is 0. The maximum Gasteiger partial charge on any atom is 0.315 e. The molecule has 8 heteroatoms. The van der Waals surface area contributed by atoms with Gasteiger partial charge < -0.3 is 9.97 Å². The van der Waals surface area contributed by atoms with Crippen LogP contribution in [0.2, 0.25) is 0 Å². The summed E-state index contributed by atoms with van der Waals surface area (Å²) in [5, 5.41) is 10.0. The van der Waals surface area contributed by atoms with Gasteiger partial charge in [-0.15, -0.1) is 0 Å². The molecule has 0 unspecified atom stereocenters. The lowest BCUT2D eigenvalue weighted by Crippen LogP contribution is -2.34. The van der Waals surface area contributed by atoms with Crippen molar-refractivity contribution in [3.05, 3.63) is 26.4 Å². The molecule has 1 aliphatic rings. The quantitative estimate of drug-likeness (QED) is 0.438. The molecule has 2 rings (SSSR count). The maximum atomic E-state index is 10.9. The lowest BCUT2D eigenvalue weighted by atomic mass is 10.4. The van der Waals surface area contributed by atoms with Crippen molar-refractivity contribution in [1.82, 2.24) is 15.0 Å². The van der Waals surface area contributed by atoms with Crippen molar-refractivity contribution in [3.63, 3.8) is 0 Å². The molecule has 0 bridgehead atoms. The molecule has 0 aliphatic carbocycles. The van der Waals surface area contributed by atoms with Crippen molar-refractivity contribution < 1.29 is 5.21 Å². The van der Waals surface area contributed by atoms with E-state index in [4.69, 9.17) is 0 Å². The third-order valence-electron chi connectivity index (χ3n) is 1.71. The van der Waals surface area contributed by atoms with Crippen molar-refractivity contribution in [2.24, 2.45) is 4.99 Å². The van der Waals surface area contributed by atoms with Gasteiger partial charge >= 0.3 is 11.1 Å². The summed E-state index contributed by atoms with van der Waals surface area (Å²) in [6.45, 7) is 0.0609. The van der Waals surface area contributed by atoms with E-state index >= 15 is 0 Å². The summed E-state index contributed by atoms with van der Waals surface area (Å²) in [7, 11) is 0. The fourth-order valence-electron chi connectivity index (χ4n) is 1.07. The number of hydrogen-bond donors (Lipinski definition) is 3. The monoisotopic (exact) mass is 260 g/mol. The summed E-state index contributed by atoms with van der Waals surface area (Å²) in [5.74, 6) is 0.242. The summed E-state index contributed by atoms with van der Waals surface area (Å²) >= 11 is 2.98. The minimum atomic E-state index is -0.765. The SMILES string of the molecule is O=c1[nH]c2c([nH]c1=O)N=C(Br)N(O)C2. The normalized spacial score (nSPS) is 15.0. The van der Waals surface area contributed by atoms with Crippen molar-refractivity contribution in [1.29, 1.82) is 0 Å². The van der Waals surface area contributed by atoms with Gasteiger partial charge in [0.2, 0.25) is 0 Å². The minimum Gasteiger partial charge on any atom is -0.316 e. The molecule has 14 heavy (non-hydrogen) atoms. The second-order valence-corrected chi connectivity index (χ2v) is 3.38. The van der Waals surface area contributed by atoms with Crippen LogP contribution in [0.4, 0.5) is 5.82 Å². The molecule has 0 aromatic carbocycles. The van der Waals surface area contributed by atoms with Crippen LogP contribution in [0.3, 0.4) is 0 Å². The van der Waals surface area contributed by atoms with Gasteiger partial charge in [0.15, 0.2) is 10.6 Å². The summed E-state index contributed by atoms with van der Waals surface area (Å²) in [6, 6.07) is 0. The number of H-pyrrole nitrogens is 2. The van der Waals surface area contributed by atoms with E-state index in [0.29, 0.717) is 5.69 Å². The Morgan fingerprint density at radius 1 is 1.36 bits per heavy atom. The molecule has 0 saturated carbocycles. The van der Waals surface area contributed by atoms with Crippen LogP contribution in [0.25, 0.3) is 0 Å². The van der Waals surface area contributed by atoms with E-state index < -0.39 is 11.1 Å². The largest absolute Gasteiger partial charge is 0.316 e. The Morgan fingerprint density at radius 3 is 2.71 bits per heavy atom. The number of nitrogens with one attached hydrogen (secondary N) is 2. The molecule has 0 amide bonds. The Morgan fingerprint density at radius 2 is 2.00 bits per heavy atom. The average Bonchev–Trinajstić information content (AvgIpc) is 2.11. The number of nitrogens with zero attached hydrogens (tertiary/aromatic N) is 2. The molecule has 1 aromatic heterocycles. The molecule has 7 nitrogen and oxygen atoms in total. The molecular formula is C6H5BrN4O3. The number of amidine groups is 1. The fraction of sp³-hybridized carbons (Fsp3) is 0.167. The zero-order valence-corrected chi connectivity index (χ0v) is 8.33. The van der Waals surface area contributed by atoms with Crippen molar-refractivity contribution in [2.75, 3.05) is 0 Å². The van der Waals surface area contributed by atoms with E-state index in [1.165, 1.54) is 0 Å². The number of halogens is 1. The summed E-state index contributed by atoms with van der Waals surface area (Å²) in [6.07, 6.45) is 0. The van der Waals surface area contributed by atoms with Gasteiger partial charge in [0.25, 0.3) is 0 Å². The topological polar surface area (TPSA) is 102 Å². The Labute approximate surface area is 85.2 Å². The van der Waals surface area contributed by atoms with Crippen molar-refractivity contribution in [3.8, 4) is 0 Å². The third kappa shape index (κ3) is 1.38. The molecule has 0 spiro atoms. The van der Waals surface area contributed by atoms with Crippen LogP contribution in [0.15, 0.2) is 14.6 Å². The number of fused-ring (bicyclic) bond motifs is 1. The second-order valence-electron chi connectivity index (χ2n) is 2.67. The third-order valence-corrected chi connectivity index (χ3v) is 2.30. The zero-order valence-electron chi connectivity index (χ0n) is 6.74. The standard InChI is InChI=1S/C6H5BrN4O3/c7-6-10-3-2(1-11(6)14)8-4(12)5(13)9-3/h14H,1H2,(H,8,12)(H,9,13). The Bertz CT molecular complexity index is 517. The highest BCUT2D eigenvalue weighted by Gasteiger charge is 2.18. The molecule has 0 saturated heterocycles. The van der Waals surface area contributed by atoms with Crippen LogP contribution in [0.1, 0.15) is 5.69 Å². The van der Waals surface area contributed by atoms with Gasteiger partial charge in [-0.05, 0) is 15.9 Å². The van der Waals surface area contributed by atoms with Gasteiger partial charge in [-0.25, -0.2) is 10.1 Å². The molecule has 74 valence electrons. The molecule has 1 aliphatic heterocycles. The van der Waals surface area contributed by atoms with E-state index in [2.05, 4.69) is 30.9 Å². The van der Waals surface area contributed by atoms with Crippen molar-refractivity contribution >= 4 is 26.5 Å². The summed E-state index contributed by atoms with van der Waals surface area (Å²) in [5.41, 5.74) is -1.16. The van der Waals surface area contributed by atoms with Gasteiger partial charge in [0, 0.05) is 0 Å². The summed E-state index contributed by atoms with van der Waals surface area (Å²) in [4.78, 5) is 30.3. The van der Waals surface area contributed by atoms with E-state index in [1.54, 1.807) is 0 Å². The number of aromatic nitrogens is 2. The average molecular weight is 261 g/mol. The Balaban J connectivity index is 2.67. The smallest absolute Gasteiger partial charge is 0.315 e. The molecule has 0 atom stereocenters. The van der Waals surface area contributed by atoms with Crippen LogP contribution in [0, 0.1) is 0 Å². The molecule has 3 N–H and O–H groups in total. The van der Waals surface area contributed by atoms with E-state index in [1.807, 2.05) is 0 Å². The highest BCUT2D eigenvalue weighted by Crippen LogP contribution is 2.20.